The summed E-state index contributed by atoms with van der Waals surface area (Å²) in [5.41, 5.74) is 1.96. The maximum Gasteiger partial charge on any atom is 0.243 e. The fourth-order valence-corrected chi connectivity index (χ4v) is 5.40. The quantitative estimate of drug-likeness (QED) is 0.568. The van der Waals surface area contributed by atoms with Crippen molar-refractivity contribution in [1.82, 2.24) is 19.6 Å². The minimum Gasteiger partial charge on any atom is -0.356 e. The monoisotopic (exact) mass is 426 g/mol. The van der Waals surface area contributed by atoms with Crippen molar-refractivity contribution >= 4 is 27.0 Å². The molecule has 0 spiro atoms. The van der Waals surface area contributed by atoms with Crippen molar-refractivity contribution in [2.45, 2.75) is 30.6 Å². The molecule has 2 aromatic carbocycles. The van der Waals surface area contributed by atoms with Crippen LogP contribution in [0, 0.1) is 5.92 Å². The Bertz CT molecular complexity index is 1080. The van der Waals surface area contributed by atoms with E-state index in [1.165, 1.54) is 4.31 Å². The number of sulfonamides is 1. The number of piperidine rings is 1. The number of fused-ring (bicyclic) bond motifs is 1. The number of aryl methyl sites for hydroxylation is 1. The predicted octanol–water partition coefficient (Wildman–Crippen LogP) is 2.71. The van der Waals surface area contributed by atoms with Crippen LogP contribution in [0.25, 0.3) is 11.0 Å². The molecule has 1 aliphatic rings. The molecule has 4 rings (SSSR count). The van der Waals surface area contributed by atoms with E-state index in [4.69, 9.17) is 0 Å². The summed E-state index contributed by atoms with van der Waals surface area (Å²) in [7, 11) is -3.56. The summed E-state index contributed by atoms with van der Waals surface area (Å²) in [6.45, 7) is 1.22. The molecular formula is C22H26N4O3S. The number of imidazole rings is 1. The number of rotatable bonds is 7. The molecule has 0 bridgehead atoms. The Labute approximate surface area is 176 Å². The van der Waals surface area contributed by atoms with Gasteiger partial charge >= 0.3 is 0 Å². The van der Waals surface area contributed by atoms with Gasteiger partial charge in [0.25, 0.3) is 0 Å². The average molecular weight is 427 g/mol. The third-order valence-corrected chi connectivity index (χ3v) is 7.34. The van der Waals surface area contributed by atoms with Crippen molar-refractivity contribution in [3.63, 3.8) is 0 Å². The molecule has 8 heteroatoms. The highest BCUT2D eigenvalue weighted by atomic mass is 32.2. The Morgan fingerprint density at radius 1 is 1.13 bits per heavy atom. The minimum absolute atomic E-state index is 0.0763. The van der Waals surface area contributed by atoms with Crippen LogP contribution in [0.1, 0.15) is 25.1 Å². The van der Waals surface area contributed by atoms with E-state index >= 15 is 0 Å². The second-order valence-electron chi connectivity index (χ2n) is 7.61. The highest BCUT2D eigenvalue weighted by Crippen LogP contribution is 2.23. The second kappa shape index (κ2) is 8.97. The van der Waals surface area contributed by atoms with Crippen LogP contribution >= 0.6 is 0 Å². The molecule has 0 unspecified atom stereocenters. The van der Waals surface area contributed by atoms with E-state index in [0.29, 0.717) is 25.9 Å². The number of hydrogen-bond donors (Lipinski definition) is 2. The van der Waals surface area contributed by atoms with Crippen LogP contribution in [0.5, 0.6) is 0 Å². The molecular weight excluding hydrogens is 400 g/mol. The van der Waals surface area contributed by atoms with Crippen LogP contribution in [-0.2, 0) is 21.2 Å². The number of para-hydroxylation sites is 2. The van der Waals surface area contributed by atoms with Gasteiger partial charge in [-0.1, -0.05) is 30.3 Å². The molecule has 1 aromatic heterocycles. The number of nitrogens with one attached hydrogen (secondary N) is 2. The van der Waals surface area contributed by atoms with E-state index in [2.05, 4.69) is 15.3 Å². The zero-order chi connectivity index (χ0) is 21.0. The average Bonchev–Trinajstić information content (AvgIpc) is 3.20. The second-order valence-corrected chi connectivity index (χ2v) is 9.55. The van der Waals surface area contributed by atoms with E-state index in [1.54, 1.807) is 30.3 Å². The summed E-state index contributed by atoms with van der Waals surface area (Å²) >= 11 is 0. The Hall–Kier alpha value is -2.71. The van der Waals surface area contributed by atoms with Gasteiger partial charge in [-0.25, -0.2) is 13.4 Å². The summed E-state index contributed by atoms with van der Waals surface area (Å²) in [4.78, 5) is 20.7. The van der Waals surface area contributed by atoms with E-state index < -0.39 is 10.0 Å². The first-order valence-corrected chi connectivity index (χ1v) is 11.7. The molecule has 7 nitrogen and oxygen atoms in total. The summed E-state index contributed by atoms with van der Waals surface area (Å²) < 4.78 is 27.1. The van der Waals surface area contributed by atoms with Crippen molar-refractivity contribution in [2.24, 2.45) is 5.92 Å². The predicted molar refractivity (Wildman–Crippen MR) is 115 cm³/mol. The molecule has 158 valence electrons. The molecule has 1 amide bonds. The first kappa shape index (κ1) is 20.6. The number of benzene rings is 2. The van der Waals surface area contributed by atoms with Crippen LogP contribution in [-0.4, -0.2) is 48.2 Å². The van der Waals surface area contributed by atoms with Crippen molar-refractivity contribution < 1.29 is 13.2 Å². The Morgan fingerprint density at radius 2 is 1.90 bits per heavy atom. The molecule has 0 radical (unpaired) electrons. The van der Waals surface area contributed by atoms with Crippen LogP contribution in [0.3, 0.4) is 0 Å². The van der Waals surface area contributed by atoms with Crippen molar-refractivity contribution in [1.29, 1.82) is 0 Å². The third-order valence-electron chi connectivity index (χ3n) is 5.46. The van der Waals surface area contributed by atoms with Gasteiger partial charge in [0.05, 0.1) is 21.8 Å². The molecule has 0 saturated carbocycles. The van der Waals surface area contributed by atoms with Gasteiger partial charge < -0.3 is 10.3 Å². The maximum atomic E-state index is 12.8. The van der Waals surface area contributed by atoms with Gasteiger partial charge in [-0.2, -0.15) is 4.31 Å². The number of aromatic amines is 1. The van der Waals surface area contributed by atoms with Crippen LogP contribution in [0.4, 0.5) is 0 Å². The summed E-state index contributed by atoms with van der Waals surface area (Å²) in [5, 5.41) is 2.97. The first-order valence-electron chi connectivity index (χ1n) is 10.3. The lowest BCUT2D eigenvalue weighted by molar-refractivity contribution is -0.126. The van der Waals surface area contributed by atoms with Gasteiger partial charge in [-0.15, -0.1) is 0 Å². The third kappa shape index (κ3) is 4.55. The van der Waals surface area contributed by atoms with Gasteiger partial charge in [0, 0.05) is 26.1 Å². The topological polar surface area (TPSA) is 95.2 Å². The van der Waals surface area contributed by atoms with Gasteiger partial charge in [0.15, 0.2) is 0 Å². The molecule has 0 aliphatic carbocycles. The molecule has 1 atom stereocenters. The fraction of sp³-hybridized carbons (Fsp3) is 0.364. The van der Waals surface area contributed by atoms with Crippen LogP contribution < -0.4 is 5.32 Å². The van der Waals surface area contributed by atoms with Crippen molar-refractivity contribution in [3.8, 4) is 0 Å². The Kier molecular flexibility index (Phi) is 6.15. The summed E-state index contributed by atoms with van der Waals surface area (Å²) in [5.74, 6) is 0.513. The number of H-pyrrole nitrogens is 1. The maximum absolute atomic E-state index is 12.8. The SMILES string of the molecule is O=C(NCCCc1nc2ccccc2[nH]1)[C@H]1CCCN(S(=O)(=O)c2ccccc2)C1. The Morgan fingerprint density at radius 3 is 2.70 bits per heavy atom. The zero-order valence-electron chi connectivity index (χ0n) is 16.8. The minimum atomic E-state index is -3.56. The lowest BCUT2D eigenvalue weighted by Gasteiger charge is -2.31. The lowest BCUT2D eigenvalue weighted by atomic mass is 9.99. The molecule has 3 aromatic rings. The largest absolute Gasteiger partial charge is 0.356 e. The number of aromatic nitrogens is 2. The number of carbonyl (C=O) groups excluding carboxylic acids is 1. The highest BCUT2D eigenvalue weighted by molar-refractivity contribution is 7.89. The van der Waals surface area contributed by atoms with Gasteiger partial charge in [0.1, 0.15) is 5.82 Å². The first-order chi connectivity index (χ1) is 14.5. The number of amides is 1. The number of hydrogen-bond acceptors (Lipinski definition) is 4. The van der Waals surface area contributed by atoms with Crippen LogP contribution in [0.15, 0.2) is 59.5 Å². The van der Waals surface area contributed by atoms with E-state index in [-0.39, 0.29) is 23.3 Å². The van der Waals surface area contributed by atoms with Gasteiger partial charge in [-0.3, -0.25) is 4.79 Å². The summed E-state index contributed by atoms with van der Waals surface area (Å²) in [6, 6.07) is 16.3. The molecule has 1 fully saturated rings. The van der Waals surface area contributed by atoms with E-state index in [0.717, 1.165) is 29.7 Å². The number of nitrogens with zero attached hydrogens (tertiary/aromatic N) is 2. The van der Waals surface area contributed by atoms with Crippen LogP contribution in [0.2, 0.25) is 0 Å². The smallest absolute Gasteiger partial charge is 0.243 e. The lowest BCUT2D eigenvalue weighted by Crippen LogP contribution is -2.45. The van der Waals surface area contributed by atoms with E-state index in [9.17, 15) is 13.2 Å². The molecule has 1 saturated heterocycles. The highest BCUT2D eigenvalue weighted by Gasteiger charge is 2.33. The Balaban J connectivity index is 1.28. The molecule has 30 heavy (non-hydrogen) atoms. The van der Waals surface area contributed by atoms with E-state index in [1.807, 2.05) is 24.3 Å². The normalized spacial score (nSPS) is 17.8. The van der Waals surface area contributed by atoms with Crippen molar-refractivity contribution in [3.05, 3.63) is 60.4 Å². The number of carbonyl (C=O) groups is 1. The molecule has 2 heterocycles. The van der Waals surface area contributed by atoms with Gasteiger partial charge in [0.2, 0.25) is 15.9 Å². The van der Waals surface area contributed by atoms with Gasteiger partial charge in [-0.05, 0) is 43.5 Å². The molecule has 2 N–H and O–H groups in total. The standard InChI is InChI=1S/C22H26N4O3S/c27-22(23-14-6-13-21-24-19-11-4-5-12-20(19)25-21)17-8-7-15-26(16-17)30(28,29)18-9-2-1-3-10-18/h1-5,9-12,17H,6-8,13-16H2,(H,23,27)(H,24,25)/t17-/m0/s1. The fourth-order valence-electron chi connectivity index (χ4n) is 3.85. The zero-order valence-corrected chi connectivity index (χ0v) is 17.6. The summed E-state index contributed by atoms with van der Waals surface area (Å²) in [6.07, 6.45) is 2.90. The molecule has 1 aliphatic heterocycles. The van der Waals surface area contributed by atoms with Crippen molar-refractivity contribution in [2.75, 3.05) is 19.6 Å².